The van der Waals surface area contributed by atoms with Gasteiger partial charge in [-0.25, -0.2) is 0 Å². The van der Waals surface area contributed by atoms with Crippen molar-refractivity contribution in [2.45, 2.75) is 65.8 Å². The van der Waals surface area contributed by atoms with Gasteiger partial charge in [0.2, 0.25) is 0 Å². The second kappa shape index (κ2) is 7.34. The SMILES string of the molecule is CC(C)NCC(C)C(C)N(CC(F)(F)F)C(C)C. The van der Waals surface area contributed by atoms with Crippen molar-refractivity contribution in [1.29, 1.82) is 0 Å². The molecule has 1 N–H and O–H groups in total. The molecule has 0 aromatic rings. The molecule has 0 aliphatic carbocycles. The van der Waals surface area contributed by atoms with Crippen molar-refractivity contribution >= 4 is 0 Å². The van der Waals surface area contributed by atoms with Crippen LogP contribution in [0.3, 0.4) is 0 Å². The summed E-state index contributed by atoms with van der Waals surface area (Å²) in [7, 11) is 0. The first-order valence-corrected chi connectivity index (χ1v) is 6.60. The summed E-state index contributed by atoms with van der Waals surface area (Å²) in [6.07, 6.45) is -4.14. The lowest BCUT2D eigenvalue weighted by Gasteiger charge is -2.37. The molecule has 0 radical (unpaired) electrons. The highest BCUT2D eigenvalue weighted by atomic mass is 19.4. The average Bonchev–Trinajstić information content (AvgIpc) is 2.19. The van der Waals surface area contributed by atoms with Gasteiger partial charge in [-0.05, 0) is 33.2 Å². The van der Waals surface area contributed by atoms with Crippen LogP contribution in [0, 0.1) is 5.92 Å². The van der Waals surface area contributed by atoms with E-state index in [2.05, 4.69) is 5.32 Å². The Hall–Kier alpha value is -0.290. The second-order valence-electron chi connectivity index (χ2n) is 5.66. The first-order chi connectivity index (χ1) is 8.04. The van der Waals surface area contributed by atoms with Gasteiger partial charge in [0.1, 0.15) is 0 Å². The zero-order valence-corrected chi connectivity index (χ0v) is 12.3. The van der Waals surface area contributed by atoms with E-state index in [-0.39, 0.29) is 18.0 Å². The number of rotatable bonds is 7. The summed E-state index contributed by atoms with van der Waals surface area (Å²) in [4.78, 5) is 1.52. The van der Waals surface area contributed by atoms with E-state index in [1.807, 2.05) is 41.5 Å². The van der Waals surface area contributed by atoms with E-state index in [1.165, 1.54) is 4.90 Å². The molecule has 0 rings (SSSR count). The van der Waals surface area contributed by atoms with Gasteiger partial charge in [0, 0.05) is 18.1 Å². The van der Waals surface area contributed by atoms with Crippen molar-refractivity contribution in [1.82, 2.24) is 10.2 Å². The van der Waals surface area contributed by atoms with Crippen molar-refractivity contribution in [3.63, 3.8) is 0 Å². The molecule has 0 saturated heterocycles. The first-order valence-electron chi connectivity index (χ1n) is 6.60. The maximum atomic E-state index is 12.5. The van der Waals surface area contributed by atoms with Gasteiger partial charge in [-0.3, -0.25) is 4.90 Å². The van der Waals surface area contributed by atoms with Gasteiger partial charge in [0.05, 0.1) is 6.54 Å². The van der Waals surface area contributed by atoms with Gasteiger partial charge < -0.3 is 5.32 Å². The largest absolute Gasteiger partial charge is 0.401 e. The summed E-state index contributed by atoms with van der Waals surface area (Å²) in [6, 6.07) is 0.149. The second-order valence-corrected chi connectivity index (χ2v) is 5.66. The minimum absolute atomic E-state index is 0.0992. The molecule has 2 nitrogen and oxygen atoms in total. The van der Waals surface area contributed by atoms with Crippen LogP contribution in [0.5, 0.6) is 0 Å². The fourth-order valence-electron chi connectivity index (χ4n) is 1.92. The van der Waals surface area contributed by atoms with E-state index >= 15 is 0 Å². The number of alkyl halides is 3. The van der Waals surface area contributed by atoms with Crippen LogP contribution in [0.4, 0.5) is 13.2 Å². The number of halogens is 3. The Bertz CT molecular complexity index is 227. The Morgan fingerprint density at radius 3 is 1.83 bits per heavy atom. The van der Waals surface area contributed by atoms with Crippen molar-refractivity contribution < 1.29 is 13.2 Å². The predicted octanol–water partition coefficient (Wildman–Crippen LogP) is 3.28. The number of hydrogen-bond acceptors (Lipinski definition) is 2. The Morgan fingerprint density at radius 2 is 1.50 bits per heavy atom. The molecule has 5 heteroatoms. The van der Waals surface area contributed by atoms with E-state index in [4.69, 9.17) is 0 Å². The van der Waals surface area contributed by atoms with E-state index in [0.717, 1.165) is 6.54 Å². The topological polar surface area (TPSA) is 15.3 Å². The fraction of sp³-hybridized carbons (Fsp3) is 1.00. The molecular weight excluding hydrogens is 241 g/mol. The standard InChI is InChI=1S/C13H27F3N2/c1-9(2)17-7-11(5)12(6)18(10(3)4)8-13(14,15)16/h9-12,17H,7-8H2,1-6H3. The summed E-state index contributed by atoms with van der Waals surface area (Å²) in [6.45, 7) is 11.5. The number of nitrogens with zero attached hydrogens (tertiary/aromatic N) is 1. The molecule has 2 atom stereocenters. The van der Waals surface area contributed by atoms with Crippen LogP contribution in [0.1, 0.15) is 41.5 Å². The molecule has 18 heavy (non-hydrogen) atoms. The minimum Gasteiger partial charge on any atom is -0.314 e. The monoisotopic (exact) mass is 268 g/mol. The molecule has 110 valence electrons. The van der Waals surface area contributed by atoms with Gasteiger partial charge in [0.25, 0.3) is 0 Å². The Balaban J connectivity index is 4.50. The molecule has 0 saturated carbocycles. The van der Waals surface area contributed by atoms with Crippen molar-refractivity contribution in [2.24, 2.45) is 5.92 Å². The van der Waals surface area contributed by atoms with Crippen LogP contribution in [0.25, 0.3) is 0 Å². The molecular formula is C13H27F3N2. The maximum absolute atomic E-state index is 12.5. The van der Waals surface area contributed by atoms with Crippen LogP contribution < -0.4 is 5.32 Å². The molecule has 2 unspecified atom stereocenters. The van der Waals surface area contributed by atoms with Crippen molar-refractivity contribution in [3.8, 4) is 0 Å². The molecule has 0 bridgehead atoms. The summed E-state index contributed by atoms with van der Waals surface area (Å²) in [5.74, 6) is 0.178. The first kappa shape index (κ1) is 17.7. The van der Waals surface area contributed by atoms with E-state index < -0.39 is 12.7 Å². The third-order valence-electron chi connectivity index (χ3n) is 3.22. The number of nitrogens with one attached hydrogen (secondary N) is 1. The smallest absolute Gasteiger partial charge is 0.314 e. The van der Waals surface area contributed by atoms with Crippen LogP contribution in [0.15, 0.2) is 0 Å². The normalized spacial score (nSPS) is 16.7. The molecule has 0 heterocycles. The highest BCUT2D eigenvalue weighted by molar-refractivity contribution is 4.79. The lowest BCUT2D eigenvalue weighted by atomic mass is 10.00. The maximum Gasteiger partial charge on any atom is 0.401 e. The zero-order chi connectivity index (χ0) is 14.5. The van der Waals surface area contributed by atoms with Gasteiger partial charge in [-0.2, -0.15) is 13.2 Å². The molecule has 0 fully saturated rings. The van der Waals surface area contributed by atoms with Crippen LogP contribution in [-0.2, 0) is 0 Å². The van der Waals surface area contributed by atoms with Crippen molar-refractivity contribution in [2.75, 3.05) is 13.1 Å². The minimum atomic E-state index is -4.14. The summed E-state index contributed by atoms with van der Waals surface area (Å²) < 4.78 is 37.6. The summed E-state index contributed by atoms with van der Waals surface area (Å²) in [5, 5.41) is 3.27. The Kier molecular flexibility index (Phi) is 7.22. The third-order valence-corrected chi connectivity index (χ3v) is 3.22. The van der Waals surface area contributed by atoms with Gasteiger partial charge in [0.15, 0.2) is 0 Å². The van der Waals surface area contributed by atoms with Crippen molar-refractivity contribution in [3.05, 3.63) is 0 Å². The third kappa shape index (κ3) is 7.21. The Morgan fingerprint density at radius 1 is 1.00 bits per heavy atom. The van der Waals surface area contributed by atoms with Crippen LogP contribution >= 0.6 is 0 Å². The van der Waals surface area contributed by atoms with E-state index in [1.54, 1.807) is 0 Å². The van der Waals surface area contributed by atoms with Crippen LogP contribution in [0.2, 0.25) is 0 Å². The molecule has 0 aliphatic heterocycles. The molecule has 0 amide bonds. The van der Waals surface area contributed by atoms with Gasteiger partial charge in [-0.1, -0.05) is 20.8 Å². The number of hydrogen-bond donors (Lipinski definition) is 1. The van der Waals surface area contributed by atoms with Crippen LogP contribution in [-0.4, -0.2) is 42.3 Å². The summed E-state index contributed by atoms with van der Waals surface area (Å²) >= 11 is 0. The molecule has 0 spiro atoms. The zero-order valence-electron chi connectivity index (χ0n) is 12.3. The summed E-state index contributed by atoms with van der Waals surface area (Å²) in [5.41, 5.74) is 0. The lowest BCUT2D eigenvalue weighted by molar-refractivity contribution is -0.156. The lowest BCUT2D eigenvalue weighted by Crippen LogP contribution is -2.49. The highest BCUT2D eigenvalue weighted by Crippen LogP contribution is 2.22. The van der Waals surface area contributed by atoms with E-state index in [9.17, 15) is 13.2 Å². The van der Waals surface area contributed by atoms with E-state index in [0.29, 0.717) is 6.04 Å². The predicted molar refractivity (Wildman–Crippen MR) is 69.7 cm³/mol. The average molecular weight is 268 g/mol. The molecule has 0 aromatic carbocycles. The van der Waals surface area contributed by atoms with Gasteiger partial charge in [-0.15, -0.1) is 0 Å². The van der Waals surface area contributed by atoms with Gasteiger partial charge >= 0.3 is 6.18 Å². The highest BCUT2D eigenvalue weighted by Gasteiger charge is 2.35. The molecule has 0 aromatic heterocycles. The molecule has 0 aliphatic rings. The quantitative estimate of drug-likeness (QED) is 0.762. The fourth-order valence-corrected chi connectivity index (χ4v) is 1.92. The Labute approximate surface area is 109 Å².